The Kier molecular flexibility index (Phi) is 3.00. The van der Waals surface area contributed by atoms with Gasteiger partial charge in [0.25, 0.3) is 0 Å². The molecule has 0 spiro atoms. The first-order valence-electron chi connectivity index (χ1n) is 5.36. The second kappa shape index (κ2) is 4.45. The molecule has 0 aliphatic carbocycles. The summed E-state index contributed by atoms with van der Waals surface area (Å²) < 4.78 is 18.9. The zero-order valence-corrected chi connectivity index (χ0v) is 9.83. The van der Waals surface area contributed by atoms with Crippen molar-refractivity contribution >= 4 is 5.69 Å². The van der Waals surface area contributed by atoms with Gasteiger partial charge in [-0.1, -0.05) is 6.07 Å². The van der Waals surface area contributed by atoms with Crippen molar-refractivity contribution in [2.24, 2.45) is 0 Å². The van der Waals surface area contributed by atoms with Crippen LogP contribution in [0.15, 0.2) is 36.4 Å². The van der Waals surface area contributed by atoms with Gasteiger partial charge in [0.05, 0.1) is 0 Å². The van der Waals surface area contributed by atoms with E-state index >= 15 is 0 Å². The molecule has 0 saturated heterocycles. The molecule has 0 aliphatic rings. The lowest BCUT2D eigenvalue weighted by Gasteiger charge is -2.08. The third-order valence-electron chi connectivity index (χ3n) is 2.62. The second-order valence-corrected chi connectivity index (χ2v) is 4.03. The topological polar surface area (TPSA) is 35.2 Å². The van der Waals surface area contributed by atoms with E-state index < -0.39 is 0 Å². The second-order valence-electron chi connectivity index (χ2n) is 4.03. The smallest absolute Gasteiger partial charge is 0.130 e. The van der Waals surface area contributed by atoms with E-state index in [4.69, 9.17) is 10.5 Å². The molecule has 2 aromatic carbocycles. The standard InChI is InChI=1S/C14H14FNO/c1-9-3-4-12(8-13(9)15)17-11-5-6-14(16)10(2)7-11/h3-8H,16H2,1-2H3. The van der Waals surface area contributed by atoms with Crippen molar-refractivity contribution in [1.29, 1.82) is 0 Å². The van der Waals surface area contributed by atoms with E-state index in [0.717, 1.165) is 5.56 Å². The lowest BCUT2D eigenvalue weighted by atomic mass is 10.2. The van der Waals surface area contributed by atoms with E-state index in [0.29, 0.717) is 22.7 Å². The average Bonchev–Trinajstić information content (AvgIpc) is 2.29. The molecule has 0 fully saturated rings. The van der Waals surface area contributed by atoms with Crippen molar-refractivity contribution in [3.05, 3.63) is 53.3 Å². The van der Waals surface area contributed by atoms with Gasteiger partial charge in [0, 0.05) is 11.8 Å². The Balaban J connectivity index is 2.25. The molecule has 3 heteroatoms. The molecule has 0 aliphatic heterocycles. The molecule has 2 nitrogen and oxygen atoms in total. The Labute approximate surface area is 99.8 Å². The molecule has 0 aromatic heterocycles. The lowest BCUT2D eigenvalue weighted by Crippen LogP contribution is -1.91. The molecule has 0 atom stereocenters. The summed E-state index contributed by atoms with van der Waals surface area (Å²) >= 11 is 0. The number of halogens is 1. The maximum Gasteiger partial charge on any atom is 0.130 e. The van der Waals surface area contributed by atoms with Crippen LogP contribution in [0.2, 0.25) is 0 Å². The van der Waals surface area contributed by atoms with Crippen molar-refractivity contribution in [2.75, 3.05) is 5.73 Å². The van der Waals surface area contributed by atoms with E-state index in [-0.39, 0.29) is 5.82 Å². The summed E-state index contributed by atoms with van der Waals surface area (Å²) in [5.41, 5.74) is 7.97. The third kappa shape index (κ3) is 2.56. The molecule has 0 amide bonds. The Morgan fingerprint density at radius 1 is 0.941 bits per heavy atom. The fraction of sp³-hybridized carbons (Fsp3) is 0.143. The van der Waals surface area contributed by atoms with Crippen LogP contribution in [0, 0.1) is 19.7 Å². The van der Waals surface area contributed by atoms with Gasteiger partial charge in [-0.3, -0.25) is 0 Å². The largest absolute Gasteiger partial charge is 0.457 e. The summed E-state index contributed by atoms with van der Waals surface area (Å²) in [7, 11) is 0. The van der Waals surface area contributed by atoms with Gasteiger partial charge >= 0.3 is 0 Å². The highest BCUT2D eigenvalue weighted by atomic mass is 19.1. The molecule has 0 saturated carbocycles. The van der Waals surface area contributed by atoms with Crippen LogP contribution in [-0.2, 0) is 0 Å². The average molecular weight is 231 g/mol. The van der Waals surface area contributed by atoms with Crippen LogP contribution in [0.1, 0.15) is 11.1 Å². The van der Waals surface area contributed by atoms with Gasteiger partial charge in [0.2, 0.25) is 0 Å². The first kappa shape index (κ1) is 11.5. The zero-order valence-electron chi connectivity index (χ0n) is 9.83. The minimum absolute atomic E-state index is 0.269. The van der Waals surface area contributed by atoms with Crippen LogP contribution >= 0.6 is 0 Å². The minimum atomic E-state index is -0.269. The van der Waals surface area contributed by atoms with Crippen LogP contribution in [0.3, 0.4) is 0 Å². The molecule has 88 valence electrons. The summed E-state index contributed by atoms with van der Waals surface area (Å²) in [4.78, 5) is 0. The van der Waals surface area contributed by atoms with Gasteiger partial charge in [0.15, 0.2) is 0 Å². The fourth-order valence-corrected chi connectivity index (χ4v) is 1.48. The Bertz CT molecular complexity index is 502. The number of rotatable bonds is 2. The molecule has 17 heavy (non-hydrogen) atoms. The van der Waals surface area contributed by atoms with Crippen LogP contribution < -0.4 is 10.5 Å². The molecule has 0 heterocycles. The number of hydrogen-bond acceptors (Lipinski definition) is 2. The predicted molar refractivity (Wildman–Crippen MR) is 66.8 cm³/mol. The number of ether oxygens (including phenoxy) is 1. The van der Waals surface area contributed by atoms with Crippen molar-refractivity contribution in [1.82, 2.24) is 0 Å². The van der Waals surface area contributed by atoms with Crippen LogP contribution in [0.4, 0.5) is 10.1 Å². The molecule has 0 unspecified atom stereocenters. The van der Waals surface area contributed by atoms with Crippen molar-refractivity contribution in [3.63, 3.8) is 0 Å². The summed E-state index contributed by atoms with van der Waals surface area (Å²) in [5, 5.41) is 0. The molecule has 2 N–H and O–H groups in total. The van der Waals surface area contributed by atoms with Crippen molar-refractivity contribution in [3.8, 4) is 11.5 Å². The number of nitrogens with two attached hydrogens (primary N) is 1. The maximum atomic E-state index is 13.3. The molecule has 2 rings (SSSR count). The van der Waals surface area contributed by atoms with Gasteiger partial charge in [-0.15, -0.1) is 0 Å². The number of nitrogen functional groups attached to an aromatic ring is 1. The number of aryl methyl sites for hydroxylation is 2. The maximum absolute atomic E-state index is 13.3. The Hall–Kier alpha value is -2.03. The highest BCUT2D eigenvalue weighted by Gasteiger charge is 2.03. The van der Waals surface area contributed by atoms with E-state index in [1.54, 1.807) is 31.2 Å². The third-order valence-corrected chi connectivity index (χ3v) is 2.62. The number of benzene rings is 2. The van der Waals surface area contributed by atoms with E-state index in [1.807, 2.05) is 13.0 Å². The molecule has 2 aromatic rings. The van der Waals surface area contributed by atoms with Gasteiger partial charge < -0.3 is 10.5 Å². The van der Waals surface area contributed by atoms with Crippen molar-refractivity contribution in [2.45, 2.75) is 13.8 Å². The minimum Gasteiger partial charge on any atom is -0.457 e. The molecular formula is C14H14FNO. The van der Waals surface area contributed by atoms with Gasteiger partial charge in [0.1, 0.15) is 17.3 Å². The van der Waals surface area contributed by atoms with Crippen LogP contribution in [-0.4, -0.2) is 0 Å². The highest BCUT2D eigenvalue weighted by Crippen LogP contribution is 2.25. The van der Waals surface area contributed by atoms with Crippen LogP contribution in [0.25, 0.3) is 0 Å². The SMILES string of the molecule is Cc1cc(Oc2ccc(C)c(F)c2)ccc1N. The highest BCUT2D eigenvalue weighted by molar-refractivity contribution is 5.50. The normalized spacial score (nSPS) is 10.3. The summed E-state index contributed by atoms with van der Waals surface area (Å²) in [6.07, 6.45) is 0. The van der Waals surface area contributed by atoms with Crippen LogP contribution in [0.5, 0.6) is 11.5 Å². The predicted octanol–water partition coefficient (Wildman–Crippen LogP) is 3.82. The monoisotopic (exact) mass is 231 g/mol. The fourth-order valence-electron chi connectivity index (χ4n) is 1.48. The summed E-state index contributed by atoms with van der Waals surface area (Å²) in [5.74, 6) is 0.867. The van der Waals surface area contributed by atoms with E-state index in [9.17, 15) is 4.39 Å². The summed E-state index contributed by atoms with van der Waals surface area (Å²) in [6.45, 7) is 3.62. The summed E-state index contributed by atoms with van der Waals surface area (Å²) in [6, 6.07) is 10.2. The zero-order chi connectivity index (χ0) is 12.4. The first-order valence-corrected chi connectivity index (χ1v) is 5.36. The molecule has 0 bridgehead atoms. The molecular weight excluding hydrogens is 217 g/mol. The number of anilines is 1. The van der Waals surface area contributed by atoms with Gasteiger partial charge in [-0.2, -0.15) is 0 Å². The first-order chi connectivity index (χ1) is 8.06. The number of hydrogen-bond donors (Lipinski definition) is 1. The quantitative estimate of drug-likeness (QED) is 0.797. The lowest BCUT2D eigenvalue weighted by molar-refractivity contribution is 0.476. The van der Waals surface area contributed by atoms with Gasteiger partial charge in [-0.05, 0) is 49.2 Å². The Morgan fingerprint density at radius 2 is 1.59 bits per heavy atom. The van der Waals surface area contributed by atoms with Crippen molar-refractivity contribution < 1.29 is 9.13 Å². The molecule has 0 radical (unpaired) electrons. The van der Waals surface area contributed by atoms with Gasteiger partial charge in [-0.25, -0.2) is 4.39 Å². The Morgan fingerprint density at radius 3 is 2.24 bits per heavy atom. The van der Waals surface area contributed by atoms with E-state index in [1.165, 1.54) is 6.07 Å². The van der Waals surface area contributed by atoms with E-state index in [2.05, 4.69) is 0 Å².